The molecule has 1 N–H and O–H groups in total. The lowest BCUT2D eigenvalue weighted by Crippen LogP contribution is -2.39. The summed E-state index contributed by atoms with van der Waals surface area (Å²) < 4.78 is 12.5. The number of hydrogen-bond donors (Lipinski definition) is 1. The van der Waals surface area contributed by atoms with Crippen LogP contribution in [-0.4, -0.2) is 53.8 Å². The van der Waals surface area contributed by atoms with E-state index in [1.54, 1.807) is 27.8 Å². The zero-order chi connectivity index (χ0) is 28.6. The number of rotatable bonds is 11. The van der Waals surface area contributed by atoms with Gasteiger partial charge in [-0.05, 0) is 49.6 Å². The summed E-state index contributed by atoms with van der Waals surface area (Å²) in [6, 6.07) is 22.8. The van der Waals surface area contributed by atoms with E-state index in [0.29, 0.717) is 29.4 Å². The number of methoxy groups -OCH3 is 2. The summed E-state index contributed by atoms with van der Waals surface area (Å²) in [5.74, 6) is 0.994. The molecular formula is C32H36N4O4. The first-order valence-corrected chi connectivity index (χ1v) is 13.4. The van der Waals surface area contributed by atoms with Crippen LogP contribution in [0.4, 0.5) is 5.82 Å². The van der Waals surface area contributed by atoms with Crippen LogP contribution < -0.4 is 14.8 Å². The second-order valence-electron chi connectivity index (χ2n) is 9.60. The van der Waals surface area contributed by atoms with Crippen LogP contribution >= 0.6 is 0 Å². The number of carbonyl (C=O) groups excluding carboxylic acids is 2. The minimum atomic E-state index is -0.314. The van der Waals surface area contributed by atoms with E-state index >= 15 is 0 Å². The molecule has 0 aliphatic heterocycles. The maximum atomic E-state index is 13.6. The Labute approximate surface area is 235 Å². The number of benzene rings is 3. The minimum Gasteiger partial charge on any atom is -0.497 e. The number of hydrogen-bond acceptors (Lipinski definition) is 5. The molecule has 0 aliphatic carbocycles. The Balaban J connectivity index is 1.69. The molecule has 0 spiro atoms. The van der Waals surface area contributed by atoms with Gasteiger partial charge in [0, 0.05) is 23.7 Å². The molecule has 8 heteroatoms. The van der Waals surface area contributed by atoms with Crippen LogP contribution in [0, 0.1) is 13.8 Å². The molecule has 0 bridgehead atoms. The number of nitrogens with zero attached hydrogens (tertiary/aromatic N) is 3. The monoisotopic (exact) mass is 540 g/mol. The first kappa shape index (κ1) is 28.4. The lowest BCUT2D eigenvalue weighted by molar-refractivity contribution is -0.116. The van der Waals surface area contributed by atoms with Crippen molar-refractivity contribution in [1.29, 1.82) is 0 Å². The van der Waals surface area contributed by atoms with Gasteiger partial charge in [0.15, 0.2) is 0 Å². The van der Waals surface area contributed by atoms with Gasteiger partial charge in [-0.3, -0.25) is 9.59 Å². The van der Waals surface area contributed by atoms with Gasteiger partial charge in [0.25, 0.3) is 5.91 Å². The van der Waals surface area contributed by atoms with Crippen molar-refractivity contribution in [2.45, 2.75) is 33.6 Å². The largest absolute Gasteiger partial charge is 0.497 e. The molecule has 4 rings (SSSR count). The molecule has 0 fully saturated rings. The second kappa shape index (κ2) is 13.0. The van der Waals surface area contributed by atoms with Crippen LogP contribution in [0.25, 0.3) is 16.8 Å². The second-order valence-corrected chi connectivity index (χ2v) is 9.60. The minimum absolute atomic E-state index is 0.120. The highest BCUT2D eigenvalue weighted by molar-refractivity contribution is 6.01. The fourth-order valence-corrected chi connectivity index (χ4v) is 4.63. The zero-order valence-corrected chi connectivity index (χ0v) is 23.7. The number of ether oxygens (including phenoxy) is 2. The van der Waals surface area contributed by atoms with Crippen LogP contribution in [0.2, 0.25) is 0 Å². The molecule has 2 amide bonds. The van der Waals surface area contributed by atoms with Crippen LogP contribution in [-0.2, 0) is 4.79 Å². The number of aromatic nitrogens is 2. The topological polar surface area (TPSA) is 85.7 Å². The van der Waals surface area contributed by atoms with Gasteiger partial charge in [0.05, 0.1) is 25.6 Å². The molecule has 0 aliphatic rings. The predicted octanol–water partition coefficient (Wildman–Crippen LogP) is 6.05. The molecule has 0 radical (unpaired) electrons. The molecule has 0 saturated heterocycles. The summed E-state index contributed by atoms with van der Waals surface area (Å²) in [6.45, 7) is 6.30. The Morgan fingerprint density at radius 3 is 2.20 bits per heavy atom. The Morgan fingerprint density at radius 2 is 1.57 bits per heavy atom. The average Bonchev–Trinajstić information content (AvgIpc) is 3.29. The molecule has 0 saturated carbocycles. The van der Waals surface area contributed by atoms with Crippen molar-refractivity contribution in [3.05, 3.63) is 89.6 Å². The van der Waals surface area contributed by atoms with Crippen molar-refractivity contribution in [2.75, 3.05) is 32.6 Å². The van der Waals surface area contributed by atoms with E-state index in [9.17, 15) is 9.59 Å². The van der Waals surface area contributed by atoms with Crippen LogP contribution in [0.5, 0.6) is 11.5 Å². The van der Waals surface area contributed by atoms with Gasteiger partial charge < -0.3 is 19.7 Å². The third-order valence-electron chi connectivity index (χ3n) is 6.73. The van der Waals surface area contributed by atoms with Crippen molar-refractivity contribution in [3.63, 3.8) is 0 Å². The molecule has 0 unspecified atom stereocenters. The molecule has 3 aromatic carbocycles. The Hall–Kier alpha value is -4.59. The fraction of sp³-hybridized carbons (Fsp3) is 0.281. The number of anilines is 1. The van der Waals surface area contributed by atoms with E-state index in [1.165, 1.54) is 14.2 Å². The van der Waals surface area contributed by atoms with E-state index in [1.807, 2.05) is 75.4 Å². The molecule has 1 heterocycles. The zero-order valence-electron chi connectivity index (χ0n) is 23.7. The standard InChI is InChI=1S/C32H36N4O4/c1-6-7-17-35(32(38)25-18-26(39-4)20-27(19-25)40-5)21-29(37)33-31-30(24-14-9-8-10-15-24)23(3)34-36(31)28-16-12-11-13-22(28)2/h8-16,18-20H,6-7,17,21H2,1-5H3,(H,33,37). The van der Waals surface area contributed by atoms with E-state index in [2.05, 4.69) is 5.32 Å². The smallest absolute Gasteiger partial charge is 0.254 e. The maximum absolute atomic E-state index is 13.6. The van der Waals surface area contributed by atoms with Gasteiger partial charge >= 0.3 is 0 Å². The fourth-order valence-electron chi connectivity index (χ4n) is 4.63. The summed E-state index contributed by atoms with van der Waals surface area (Å²) in [6.07, 6.45) is 1.64. The summed E-state index contributed by atoms with van der Waals surface area (Å²) in [5.41, 5.74) is 4.84. The maximum Gasteiger partial charge on any atom is 0.254 e. The summed E-state index contributed by atoms with van der Waals surface area (Å²) in [7, 11) is 3.07. The third-order valence-corrected chi connectivity index (χ3v) is 6.73. The number of carbonyl (C=O) groups is 2. The SMILES string of the molecule is CCCCN(CC(=O)Nc1c(-c2ccccc2)c(C)nn1-c1ccccc1C)C(=O)c1cc(OC)cc(OC)c1. The van der Waals surface area contributed by atoms with Crippen molar-refractivity contribution in [1.82, 2.24) is 14.7 Å². The molecule has 1 aromatic heterocycles. The predicted molar refractivity (Wildman–Crippen MR) is 157 cm³/mol. The molecule has 40 heavy (non-hydrogen) atoms. The van der Waals surface area contributed by atoms with Crippen LogP contribution in [0.1, 0.15) is 41.4 Å². The summed E-state index contributed by atoms with van der Waals surface area (Å²) >= 11 is 0. The highest BCUT2D eigenvalue weighted by Crippen LogP contribution is 2.34. The third kappa shape index (κ3) is 6.34. The molecular weight excluding hydrogens is 504 g/mol. The summed E-state index contributed by atoms with van der Waals surface area (Å²) in [5, 5.41) is 7.92. The van der Waals surface area contributed by atoms with Gasteiger partial charge in [-0.2, -0.15) is 5.10 Å². The number of aryl methyl sites for hydroxylation is 2. The van der Waals surface area contributed by atoms with Crippen molar-refractivity contribution in [2.24, 2.45) is 0 Å². The van der Waals surface area contributed by atoms with E-state index in [4.69, 9.17) is 14.6 Å². The lowest BCUT2D eigenvalue weighted by Gasteiger charge is -2.23. The molecule has 0 atom stereocenters. The highest BCUT2D eigenvalue weighted by Gasteiger charge is 2.24. The number of unbranched alkanes of at least 4 members (excludes halogenated alkanes) is 1. The normalized spacial score (nSPS) is 10.7. The quantitative estimate of drug-likeness (QED) is 0.250. The Bertz CT molecular complexity index is 1460. The van der Waals surface area contributed by atoms with Gasteiger partial charge in [-0.25, -0.2) is 4.68 Å². The average molecular weight is 541 g/mol. The van der Waals surface area contributed by atoms with Gasteiger partial charge in [0.1, 0.15) is 23.9 Å². The molecule has 4 aromatic rings. The first-order valence-electron chi connectivity index (χ1n) is 13.4. The van der Waals surface area contributed by atoms with Crippen LogP contribution in [0.3, 0.4) is 0 Å². The number of para-hydroxylation sites is 1. The van der Waals surface area contributed by atoms with E-state index < -0.39 is 0 Å². The lowest BCUT2D eigenvalue weighted by atomic mass is 10.1. The van der Waals surface area contributed by atoms with Crippen molar-refractivity contribution in [3.8, 4) is 28.3 Å². The number of nitrogens with one attached hydrogen (secondary N) is 1. The molecule has 8 nitrogen and oxygen atoms in total. The molecule has 208 valence electrons. The van der Waals surface area contributed by atoms with Gasteiger partial charge in [-0.15, -0.1) is 0 Å². The van der Waals surface area contributed by atoms with Gasteiger partial charge in [-0.1, -0.05) is 61.9 Å². The van der Waals surface area contributed by atoms with Crippen molar-refractivity contribution < 1.29 is 19.1 Å². The number of amides is 2. The van der Waals surface area contributed by atoms with Crippen LogP contribution in [0.15, 0.2) is 72.8 Å². The Kier molecular flexibility index (Phi) is 9.22. The van der Waals surface area contributed by atoms with E-state index in [-0.39, 0.29) is 18.4 Å². The van der Waals surface area contributed by atoms with Gasteiger partial charge in [0.2, 0.25) is 5.91 Å². The van der Waals surface area contributed by atoms with E-state index in [0.717, 1.165) is 40.9 Å². The van der Waals surface area contributed by atoms with Crippen molar-refractivity contribution >= 4 is 17.6 Å². The summed E-state index contributed by atoms with van der Waals surface area (Å²) in [4.78, 5) is 28.8. The highest BCUT2D eigenvalue weighted by atomic mass is 16.5. The Morgan fingerprint density at radius 1 is 0.925 bits per heavy atom. The first-order chi connectivity index (χ1) is 19.4.